The van der Waals surface area contributed by atoms with Gasteiger partial charge >= 0.3 is 0 Å². The Morgan fingerprint density at radius 3 is 2.54 bits per heavy atom. The number of aromatic nitrogens is 2. The summed E-state index contributed by atoms with van der Waals surface area (Å²) in [6, 6.07) is 9.36. The molecule has 0 radical (unpaired) electrons. The van der Waals surface area contributed by atoms with E-state index in [0.29, 0.717) is 18.1 Å². The van der Waals surface area contributed by atoms with Gasteiger partial charge in [-0.1, -0.05) is 25.1 Å². The standard InChI is InChI=1S/C16H22N4O3S/c1-4-12-19-15(10-11-17-19)18-16(21)13(2)20(24(3,22)23)14-8-6-5-7-9-14/h5-11,13H,4,12H2,1-3H3,(H,18,21). The first kappa shape index (κ1) is 18.0. The second-order valence-electron chi connectivity index (χ2n) is 5.50. The molecule has 0 saturated carbocycles. The fraction of sp³-hybridized carbons (Fsp3) is 0.375. The third kappa shape index (κ3) is 4.14. The molecule has 1 aromatic heterocycles. The summed E-state index contributed by atoms with van der Waals surface area (Å²) in [6.45, 7) is 4.24. The van der Waals surface area contributed by atoms with Crippen molar-refractivity contribution in [2.24, 2.45) is 0 Å². The molecule has 2 aromatic rings. The first-order chi connectivity index (χ1) is 11.3. The van der Waals surface area contributed by atoms with Crippen LogP contribution in [-0.2, 0) is 21.4 Å². The first-order valence-electron chi connectivity index (χ1n) is 7.71. The molecule has 1 amide bonds. The molecule has 8 heteroatoms. The number of nitrogens with one attached hydrogen (secondary N) is 1. The van der Waals surface area contributed by atoms with E-state index in [2.05, 4.69) is 10.4 Å². The number of sulfonamides is 1. The highest BCUT2D eigenvalue weighted by Crippen LogP contribution is 2.21. The number of hydrogen-bond donors (Lipinski definition) is 1. The average Bonchev–Trinajstić information content (AvgIpc) is 2.94. The minimum atomic E-state index is -3.61. The molecule has 1 heterocycles. The molecule has 1 atom stereocenters. The number of anilines is 2. The minimum absolute atomic E-state index is 0.415. The van der Waals surface area contributed by atoms with Crippen LogP contribution >= 0.6 is 0 Å². The number of para-hydroxylation sites is 1. The van der Waals surface area contributed by atoms with Crippen LogP contribution in [0, 0.1) is 0 Å². The van der Waals surface area contributed by atoms with Gasteiger partial charge in [0.15, 0.2) is 0 Å². The van der Waals surface area contributed by atoms with E-state index in [9.17, 15) is 13.2 Å². The molecular weight excluding hydrogens is 328 g/mol. The Balaban J connectivity index is 2.25. The fourth-order valence-corrected chi connectivity index (χ4v) is 3.62. The quantitative estimate of drug-likeness (QED) is 0.829. The van der Waals surface area contributed by atoms with Gasteiger partial charge < -0.3 is 5.32 Å². The van der Waals surface area contributed by atoms with Gasteiger partial charge in [0, 0.05) is 12.6 Å². The van der Waals surface area contributed by atoms with Crippen molar-refractivity contribution in [3.63, 3.8) is 0 Å². The summed E-state index contributed by atoms with van der Waals surface area (Å²) in [4.78, 5) is 12.6. The summed E-state index contributed by atoms with van der Waals surface area (Å²) in [5, 5.41) is 6.89. The Hall–Kier alpha value is -2.35. The normalized spacial score (nSPS) is 12.6. The topological polar surface area (TPSA) is 84.3 Å². The lowest BCUT2D eigenvalue weighted by Crippen LogP contribution is -2.45. The van der Waals surface area contributed by atoms with Gasteiger partial charge in [0.25, 0.3) is 0 Å². The van der Waals surface area contributed by atoms with Gasteiger partial charge in [0.1, 0.15) is 11.9 Å². The molecule has 0 saturated heterocycles. The van der Waals surface area contributed by atoms with E-state index >= 15 is 0 Å². The van der Waals surface area contributed by atoms with Crippen LogP contribution < -0.4 is 9.62 Å². The van der Waals surface area contributed by atoms with Gasteiger partial charge in [-0.15, -0.1) is 0 Å². The Kier molecular flexibility index (Phi) is 5.61. The number of carbonyl (C=O) groups is 1. The van der Waals surface area contributed by atoms with Crippen LogP contribution in [0.4, 0.5) is 11.5 Å². The van der Waals surface area contributed by atoms with Crippen molar-refractivity contribution in [2.45, 2.75) is 32.9 Å². The number of hydrogen-bond acceptors (Lipinski definition) is 4. The molecule has 0 aliphatic carbocycles. The van der Waals surface area contributed by atoms with E-state index in [1.807, 2.05) is 6.92 Å². The predicted molar refractivity (Wildman–Crippen MR) is 94.4 cm³/mol. The van der Waals surface area contributed by atoms with Crippen LogP contribution in [0.5, 0.6) is 0 Å². The number of benzene rings is 1. The average molecular weight is 350 g/mol. The third-order valence-electron chi connectivity index (χ3n) is 3.50. The van der Waals surface area contributed by atoms with Crippen LogP contribution in [0.25, 0.3) is 0 Å². The van der Waals surface area contributed by atoms with E-state index in [1.165, 1.54) is 0 Å². The van der Waals surface area contributed by atoms with Gasteiger partial charge in [-0.2, -0.15) is 5.10 Å². The zero-order valence-electron chi connectivity index (χ0n) is 14.0. The van der Waals surface area contributed by atoms with Crippen molar-refractivity contribution in [3.05, 3.63) is 42.6 Å². The molecule has 0 fully saturated rings. The second kappa shape index (κ2) is 7.48. The predicted octanol–water partition coefficient (Wildman–Crippen LogP) is 2.09. The highest BCUT2D eigenvalue weighted by molar-refractivity contribution is 7.92. The number of amides is 1. The molecule has 0 spiro atoms. The summed E-state index contributed by atoms with van der Waals surface area (Å²) in [5.41, 5.74) is 0.449. The van der Waals surface area contributed by atoms with Crippen molar-refractivity contribution in [3.8, 4) is 0 Å². The van der Waals surface area contributed by atoms with Crippen LogP contribution in [0.1, 0.15) is 20.3 Å². The number of aryl methyl sites for hydroxylation is 1. The molecular formula is C16H22N4O3S. The molecule has 0 aliphatic heterocycles. The molecule has 1 aromatic carbocycles. The van der Waals surface area contributed by atoms with E-state index in [-0.39, 0.29) is 0 Å². The van der Waals surface area contributed by atoms with E-state index < -0.39 is 22.0 Å². The summed E-state index contributed by atoms with van der Waals surface area (Å²) < 4.78 is 27.1. The molecule has 7 nitrogen and oxygen atoms in total. The molecule has 2 rings (SSSR count). The van der Waals surface area contributed by atoms with E-state index in [0.717, 1.165) is 17.0 Å². The SMILES string of the molecule is CCCn1nccc1NC(=O)C(C)N(c1ccccc1)S(C)(=O)=O. The minimum Gasteiger partial charge on any atom is -0.309 e. The summed E-state index contributed by atoms with van der Waals surface area (Å²) in [6.07, 6.45) is 3.56. The second-order valence-corrected chi connectivity index (χ2v) is 7.36. The largest absolute Gasteiger partial charge is 0.309 e. The molecule has 130 valence electrons. The number of rotatable bonds is 7. The number of carbonyl (C=O) groups excluding carboxylic acids is 1. The van der Waals surface area contributed by atoms with Crippen molar-refractivity contribution in [1.29, 1.82) is 0 Å². The maximum atomic E-state index is 12.6. The summed E-state index contributed by atoms with van der Waals surface area (Å²) in [5.74, 6) is 0.136. The summed E-state index contributed by atoms with van der Waals surface area (Å²) in [7, 11) is -3.61. The molecule has 0 bridgehead atoms. The molecule has 1 unspecified atom stereocenters. The Labute approximate surface area is 142 Å². The van der Waals surface area contributed by atoms with Gasteiger partial charge in [0.2, 0.25) is 15.9 Å². The molecule has 1 N–H and O–H groups in total. The monoisotopic (exact) mass is 350 g/mol. The van der Waals surface area contributed by atoms with E-state index in [1.54, 1.807) is 54.2 Å². The Bertz CT molecular complexity index is 787. The molecule has 0 aliphatic rings. The smallest absolute Gasteiger partial charge is 0.249 e. The van der Waals surface area contributed by atoms with Crippen molar-refractivity contribution < 1.29 is 13.2 Å². The highest BCUT2D eigenvalue weighted by Gasteiger charge is 2.29. The van der Waals surface area contributed by atoms with Crippen molar-refractivity contribution in [1.82, 2.24) is 9.78 Å². The maximum absolute atomic E-state index is 12.6. The van der Waals surface area contributed by atoms with Crippen LogP contribution in [0.2, 0.25) is 0 Å². The van der Waals surface area contributed by atoms with Gasteiger partial charge in [0.05, 0.1) is 18.1 Å². The van der Waals surface area contributed by atoms with Gasteiger partial charge in [-0.05, 0) is 25.5 Å². The first-order valence-corrected chi connectivity index (χ1v) is 9.56. The van der Waals surface area contributed by atoms with Crippen molar-refractivity contribution in [2.75, 3.05) is 15.9 Å². The zero-order chi connectivity index (χ0) is 17.7. The lowest BCUT2D eigenvalue weighted by molar-refractivity contribution is -0.116. The third-order valence-corrected chi connectivity index (χ3v) is 4.74. The zero-order valence-corrected chi connectivity index (χ0v) is 14.8. The van der Waals surface area contributed by atoms with Crippen LogP contribution in [0.3, 0.4) is 0 Å². The highest BCUT2D eigenvalue weighted by atomic mass is 32.2. The fourth-order valence-electron chi connectivity index (χ4n) is 2.44. The Morgan fingerprint density at radius 2 is 1.96 bits per heavy atom. The van der Waals surface area contributed by atoms with Crippen molar-refractivity contribution >= 4 is 27.4 Å². The van der Waals surface area contributed by atoms with Crippen LogP contribution in [0.15, 0.2) is 42.6 Å². The van der Waals surface area contributed by atoms with Gasteiger partial charge in [-0.3, -0.25) is 9.10 Å². The maximum Gasteiger partial charge on any atom is 0.249 e. The lowest BCUT2D eigenvalue weighted by atomic mass is 10.2. The van der Waals surface area contributed by atoms with Gasteiger partial charge in [-0.25, -0.2) is 13.1 Å². The van der Waals surface area contributed by atoms with Crippen LogP contribution in [-0.4, -0.2) is 36.4 Å². The lowest BCUT2D eigenvalue weighted by Gasteiger charge is -2.28. The summed E-state index contributed by atoms with van der Waals surface area (Å²) >= 11 is 0. The number of nitrogens with zero attached hydrogens (tertiary/aromatic N) is 3. The van der Waals surface area contributed by atoms with E-state index in [4.69, 9.17) is 0 Å². The molecule has 24 heavy (non-hydrogen) atoms. The Morgan fingerprint density at radius 1 is 1.29 bits per heavy atom.